The second-order valence-corrected chi connectivity index (χ2v) is 5.98. The standard InChI is InChI=1S/C19H16F2N2O3/c1-2-7-22(12-15-4-3-8-26-15)19(25)13-9-18(24)23(11-13)17-6-5-14(20)10-16(17)21/h1,3-6,8,10,13H,7,9,11-12H2. The van der Waals surface area contributed by atoms with Crippen molar-refractivity contribution < 1.29 is 22.8 Å². The number of hydrogen-bond acceptors (Lipinski definition) is 3. The smallest absolute Gasteiger partial charge is 0.229 e. The molecule has 3 rings (SSSR count). The van der Waals surface area contributed by atoms with Crippen LogP contribution in [0.15, 0.2) is 41.0 Å². The lowest BCUT2D eigenvalue weighted by Gasteiger charge is -2.23. The molecule has 1 aromatic carbocycles. The number of anilines is 1. The van der Waals surface area contributed by atoms with Crippen LogP contribution in [0.3, 0.4) is 0 Å². The van der Waals surface area contributed by atoms with Gasteiger partial charge >= 0.3 is 0 Å². The van der Waals surface area contributed by atoms with Gasteiger partial charge in [0.2, 0.25) is 11.8 Å². The van der Waals surface area contributed by atoms with Crippen molar-refractivity contribution in [2.75, 3.05) is 18.0 Å². The van der Waals surface area contributed by atoms with E-state index in [1.807, 2.05) is 0 Å². The fraction of sp³-hybridized carbons (Fsp3) is 0.263. The van der Waals surface area contributed by atoms with Crippen molar-refractivity contribution in [3.05, 3.63) is 54.0 Å². The first-order chi connectivity index (χ1) is 12.5. The van der Waals surface area contributed by atoms with Gasteiger partial charge in [0.25, 0.3) is 0 Å². The van der Waals surface area contributed by atoms with Gasteiger partial charge in [0.05, 0.1) is 31.0 Å². The van der Waals surface area contributed by atoms with Crippen molar-refractivity contribution in [2.45, 2.75) is 13.0 Å². The number of carbonyl (C=O) groups excluding carboxylic acids is 2. The third-order valence-corrected chi connectivity index (χ3v) is 4.20. The van der Waals surface area contributed by atoms with Gasteiger partial charge < -0.3 is 14.2 Å². The molecule has 26 heavy (non-hydrogen) atoms. The molecule has 2 amide bonds. The first-order valence-corrected chi connectivity index (χ1v) is 7.99. The molecule has 7 heteroatoms. The molecule has 1 aliphatic rings. The average molecular weight is 358 g/mol. The number of nitrogens with zero attached hydrogens (tertiary/aromatic N) is 2. The minimum Gasteiger partial charge on any atom is -0.467 e. The molecule has 0 radical (unpaired) electrons. The maximum Gasteiger partial charge on any atom is 0.229 e. The molecule has 2 aromatic rings. The van der Waals surface area contributed by atoms with Crippen molar-refractivity contribution in [3.63, 3.8) is 0 Å². The predicted octanol–water partition coefficient (Wildman–Crippen LogP) is 2.57. The zero-order valence-corrected chi connectivity index (χ0v) is 13.8. The largest absolute Gasteiger partial charge is 0.467 e. The highest BCUT2D eigenvalue weighted by molar-refractivity contribution is 6.00. The molecule has 1 saturated heterocycles. The Labute approximate surface area is 149 Å². The molecule has 1 aliphatic heterocycles. The van der Waals surface area contributed by atoms with Gasteiger partial charge in [-0.25, -0.2) is 8.78 Å². The summed E-state index contributed by atoms with van der Waals surface area (Å²) >= 11 is 0. The van der Waals surface area contributed by atoms with Crippen LogP contribution in [-0.4, -0.2) is 29.8 Å². The molecule has 0 spiro atoms. The van der Waals surface area contributed by atoms with E-state index in [2.05, 4.69) is 5.92 Å². The number of terminal acetylenes is 1. The van der Waals surface area contributed by atoms with Crippen molar-refractivity contribution >= 4 is 17.5 Å². The summed E-state index contributed by atoms with van der Waals surface area (Å²) in [6.07, 6.45) is 6.77. The van der Waals surface area contributed by atoms with Crippen LogP contribution >= 0.6 is 0 Å². The Morgan fingerprint density at radius 3 is 2.85 bits per heavy atom. The Hall–Kier alpha value is -3.14. The minimum absolute atomic E-state index is 0.0133. The summed E-state index contributed by atoms with van der Waals surface area (Å²) in [6.45, 7) is 0.264. The first kappa shape index (κ1) is 17.7. The number of hydrogen-bond donors (Lipinski definition) is 0. The molecule has 0 aliphatic carbocycles. The van der Waals surface area contributed by atoms with Crippen LogP contribution < -0.4 is 4.90 Å². The Balaban J connectivity index is 1.75. The molecule has 1 unspecified atom stereocenters. The number of rotatable bonds is 5. The normalized spacial score (nSPS) is 16.6. The molecular formula is C19H16F2N2O3. The maximum absolute atomic E-state index is 14.0. The number of carbonyl (C=O) groups is 2. The number of benzene rings is 1. The molecule has 0 saturated carbocycles. The summed E-state index contributed by atoms with van der Waals surface area (Å²) < 4.78 is 32.3. The number of halogens is 2. The second-order valence-electron chi connectivity index (χ2n) is 5.98. The lowest BCUT2D eigenvalue weighted by atomic mass is 10.1. The lowest BCUT2D eigenvalue weighted by Crippen LogP contribution is -2.37. The van der Waals surface area contributed by atoms with Crippen molar-refractivity contribution in [1.29, 1.82) is 0 Å². The summed E-state index contributed by atoms with van der Waals surface area (Å²) in [6, 6.07) is 6.39. The van der Waals surface area contributed by atoms with Crippen molar-refractivity contribution in [2.24, 2.45) is 5.92 Å². The monoisotopic (exact) mass is 358 g/mol. The molecule has 5 nitrogen and oxygen atoms in total. The van der Waals surface area contributed by atoms with Crippen LogP contribution in [0.25, 0.3) is 0 Å². The Morgan fingerprint density at radius 1 is 1.38 bits per heavy atom. The minimum atomic E-state index is -0.845. The molecule has 0 N–H and O–H groups in total. The molecule has 1 aromatic heterocycles. The predicted molar refractivity (Wildman–Crippen MR) is 89.8 cm³/mol. The quantitative estimate of drug-likeness (QED) is 0.772. The van der Waals surface area contributed by atoms with E-state index in [9.17, 15) is 18.4 Å². The van der Waals surface area contributed by atoms with E-state index < -0.39 is 23.5 Å². The van der Waals surface area contributed by atoms with Crippen LogP contribution in [0.1, 0.15) is 12.2 Å². The van der Waals surface area contributed by atoms with E-state index in [0.29, 0.717) is 11.8 Å². The van der Waals surface area contributed by atoms with Crippen LogP contribution in [0.4, 0.5) is 14.5 Å². The van der Waals surface area contributed by atoms with E-state index in [4.69, 9.17) is 10.8 Å². The summed E-state index contributed by atoms with van der Waals surface area (Å²) in [7, 11) is 0. The van der Waals surface area contributed by atoms with Crippen molar-refractivity contribution in [1.82, 2.24) is 4.90 Å². The highest BCUT2D eigenvalue weighted by Crippen LogP contribution is 2.29. The highest BCUT2D eigenvalue weighted by atomic mass is 19.1. The summed E-state index contributed by atoms with van der Waals surface area (Å²) in [5.41, 5.74) is -0.0405. The molecule has 1 fully saturated rings. The van der Waals surface area contributed by atoms with Gasteiger partial charge in [0, 0.05) is 19.0 Å². The summed E-state index contributed by atoms with van der Waals surface area (Å²) in [4.78, 5) is 27.6. The summed E-state index contributed by atoms with van der Waals surface area (Å²) in [5.74, 6) is 0.0483. The SMILES string of the molecule is C#CCN(Cc1ccco1)C(=O)C1CC(=O)N(c2ccc(F)cc2F)C1. The third kappa shape index (κ3) is 3.59. The number of amides is 2. The van der Waals surface area contributed by atoms with Crippen LogP contribution in [-0.2, 0) is 16.1 Å². The zero-order valence-electron chi connectivity index (χ0n) is 13.8. The summed E-state index contributed by atoms with van der Waals surface area (Å²) in [5, 5.41) is 0. The van der Waals surface area contributed by atoms with E-state index in [0.717, 1.165) is 11.0 Å². The number of furan rings is 1. The molecule has 1 atom stereocenters. The fourth-order valence-electron chi connectivity index (χ4n) is 2.98. The van der Waals surface area contributed by atoms with E-state index >= 15 is 0 Å². The maximum atomic E-state index is 14.0. The zero-order chi connectivity index (χ0) is 18.7. The molecule has 2 heterocycles. The second kappa shape index (κ2) is 7.40. The Bertz CT molecular complexity index is 858. The Kier molecular flexibility index (Phi) is 5.03. The van der Waals surface area contributed by atoms with Gasteiger partial charge in [-0.1, -0.05) is 5.92 Å². The highest BCUT2D eigenvalue weighted by Gasteiger charge is 2.38. The van der Waals surface area contributed by atoms with Gasteiger partial charge in [-0.05, 0) is 24.3 Å². The van der Waals surface area contributed by atoms with Gasteiger partial charge in [-0.2, -0.15) is 0 Å². The first-order valence-electron chi connectivity index (χ1n) is 7.99. The third-order valence-electron chi connectivity index (χ3n) is 4.20. The topological polar surface area (TPSA) is 53.8 Å². The van der Waals surface area contributed by atoms with Crippen LogP contribution in [0.2, 0.25) is 0 Å². The molecule has 0 bridgehead atoms. The average Bonchev–Trinajstić information content (AvgIpc) is 3.24. The van der Waals surface area contributed by atoms with Gasteiger partial charge in [-0.15, -0.1) is 6.42 Å². The van der Waals surface area contributed by atoms with E-state index in [1.54, 1.807) is 12.1 Å². The van der Waals surface area contributed by atoms with Gasteiger partial charge in [0.15, 0.2) is 0 Å². The fourth-order valence-corrected chi connectivity index (χ4v) is 2.98. The van der Waals surface area contributed by atoms with E-state index in [1.165, 1.54) is 17.2 Å². The lowest BCUT2D eigenvalue weighted by molar-refractivity contribution is -0.136. The molecular weight excluding hydrogens is 342 g/mol. The van der Waals surface area contributed by atoms with Gasteiger partial charge in [-0.3, -0.25) is 9.59 Å². The van der Waals surface area contributed by atoms with Crippen molar-refractivity contribution in [3.8, 4) is 12.3 Å². The van der Waals surface area contributed by atoms with Gasteiger partial charge in [0.1, 0.15) is 17.4 Å². The Morgan fingerprint density at radius 2 is 2.19 bits per heavy atom. The molecule has 134 valence electrons. The van der Waals surface area contributed by atoms with Crippen LogP contribution in [0, 0.1) is 29.9 Å². The van der Waals surface area contributed by atoms with E-state index in [-0.39, 0.29) is 37.6 Å². The van der Waals surface area contributed by atoms with Crippen LogP contribution in [0.5, 0.6) is 0 Å².